The summed E-state index contributed by atoms with van der Waals surface area (Å²) in [6.07, 6.45) is 0.755. The topological polar surface area (TPSA) is 72.8 Å². The second-order valence-electron chi connectivity index (χ2n) is 4.92. The SMILES string of the molecule is CC1CCC(=O)N1c1ccc(NCC(O)CO)cc1. The van der Waals surface area contributed by atoms with E-state index in [9.17, 15) is 9.90 Å². The van der Waals surface area contributed by atoms with Crippen LogP contribution < -0.4 is 10.2 Å². The monoisotopic (exact) mass is 264 g/mol. The van der Waals surface area contributed by atoms with E-state index >= 15 is 0 Å². The number of aliphatic hydroxyl groups is 2. The summed E-state index contributed by atoms with van der Waals surface area (Å²) in [6, 6.07) is 7.79. The third-order valence-corrected chi connectivity index (χ3v) is 3.38. The fourth-order valence-corrected chi connectivity index (χ4v) is 2.27. The molecular formula is C14H20N2O3. The summed E-state index contributed by atoms with van der Waals surface area (Å²) in [5, 5.41) is 21.0. The van der Waals surface area contributed by atoms with Crippen molar-refractivity contribution < 1.29 is 15.0 Å². The van der Waals surface area contributed by atoms with Gasteiger partial charge >= 0.3 is 0 Å². The van der Waals surface area contributed by atoms with Crippen LogP contribution in [0.1, 0.15) is 19.8 Å². The fraction of sp³-hybridized carbons (Fsp3) is 0.500. The highest BCUT2D eigenvalue weighted by molar-refractivity contribution is 5.96. The first-order valence-corrected chi connectivity index (χ1v) is 6.56. The molecule has 0 saturated carbocycles. The van der Waals surface area contributed by atoms with E-state index < -0.39 is 6.10 Å². The van der Waals surface area contributed by atoms with Gasteiger partial charge in [-0.25, -0.2) is 0 Å². The maximum absolute atomic E-state index is 11.8. The molecule has 104 valence electrons. The molecule has 0 radical (unpaired) electrons. The minimum atomic E-state index is -0.764. The largest absolute Gasteiger partial charge is 0.394 e. The molecule has 0 bridgehead atoms. The van der Waals surface area contributed by atoms with Crippen LogP contribution in [-0.4, -0.2) is 41.4 Å². The maximum atomic E-state index is 11.8. The van der Waals surface area contributed by atoms with Gasteiger partial charge in [-0.2, -0.15) is 0 Å². The molecule has 1 fully saturated rings. The molecule has 0 aliphatic carbocycles. The summed E-state index contributed by atoms with van der Waals surface area (Å²) in [6.45, 7) is 2.09. The van der Waals surface area contributed by atoms with E-state index in [2.05, 4.69) is 12.2 Å². The van der Waals surface area contributed by atoms with E-state index in [1.54, 1.807) is 0 Å². The number of aliphatic hydroxyl groups excluding tert-OH is 2. The average molecular weight is 264 g/mol. The zero-order valence-electron chi connectivity index (χ0n) is 11.0. The van der Waals surface area contributed by atoms with Gasteiger partial charge in [0, 0.05) is 30.4 Å². The summed E-state index contributed by atoms with van der Waals surface area (Å²) in [5.41, 5.74) is 1.76. The third-order valence-electron chi connectivity index (χ3n) is 3.38. The average Bonchev–Trinajstić information content (AvgIpc) is 2.76. The Balaban J connectivity index is 2.00. The van der Waals surface area contributed by atoms with E-state index in [1.165, 1.54) is 0 Å². The number of benzene rings is 1. The summed E-state index contributed by atoms with van der Waals surface area (Å²) >= 11 is 0. The number of carbonyl (C=O) groups excluding carboxylic acids is 1. The van der Waals surface area contributed by atoms with Gasteiger partial charge < -0.3 is 20.4 Å². The lowest BCUT2D eigenvalue weighted by atomic mass is 10.2. The van der Waals surface area contributed by atoms with Crippen LogP contribution in [0.15, 0.2) is 24.3 Å². The number of nitrogens with zero attached hydrogens (tertiary/aromatic N) is 1. The van der Waals surface area contributed by atoms with Gasteiger partial charge in [-0.15, -0.1) is 0 Å². The Hall–Kier alpha value is -1.59. The first-order valence-electron chi connectivity index (χ1n) is 6.56. The van der Waals surface area contributed by atoms with Crippen molar-refractivity contribution in [1.29, 1.82) is 0 Å². The lowest BCUT2D eigenvalue weighted by Crippen LogP contribution is -2.30. The van der Waals surface area contributed by atoms with Crippen molar-refractivity contribution in [2.24, 2.45) is 0 Å². The highest BCUT2D eigenvalue weighted by atomic mass is 16.3. The van der Waals surface area contributed by atoms with E-state index in [0.29, 0.717) is 13.0 Å². The Bertz CT molecular complexity index is 433. The van der Waals surface area contributed by atoms with Gasteiger partial charge in [0.15, 0.2) is 0 Å². The van der Waals surface area contributed by atoms with Crippen LogP contribution in [0.3, 0.4) is 0 Å². The van der Waals surface area contributed by atoms with Crippen LogP contribution in [0.5, 0.6) is 0 Å². The second kappa shape index (κ2) is 6.04. The Labute approximate surface area is 112 Å². The predicted molar refractivity (Wildman–Crippen MR) is 74.2 cm³/mol. The van der Waals surface area contributed by atoms with E-state index in [1.807, 2.05) is 29.2 Å². The molecule has 3 N–H and O–H groups in total. The molecule has 5 heteroatoms. The van der Waals surface area contributed by atoms with Crippen molar-refractivity contribution >= 4 is 17.3 Å². The number of amides is 1. The van der Waals surface area contributed by atoms with E-state index in [0.717, 1.165) is 17.8 Å². The van der Waals surface area contributed by atoms with E-state index in [4.69, 9.17) is 5.11 Å². The van der Waals surface area contributed by atoms with Crippen LogP contribution in [0.4, 0.5) is 11.4 Å². The maximum Gasteiger partial charge on any atom is 0.227 e. The smallest absolute Gasteiger partial charge is 0.227 e. The second-order valence-corrected chi connectivity index (χ2v) is 4.92. The van der Waals surface area contributed by atoms with Crippen molar-refractivity contribution in [2.75, 3.05) is 23.4 Å². The lowest BCUT2D eigenvalue weighted by Gasteiger charge is -2.22. The van der Waals surface area contributed by atoms with Gasteiger partial charge in [-0.05, 0) is 37.6 Å². The van der Waals surface area contributed by atoms with Gasteiger partial charge in [0.2, 0.25) is 5.91 Å². The summed E-state index contributed by atoms with van der Waals surface area (Å²) in [7, 11) is 0. The highest BCUT2D eigenvalue weighted by Crippen LogP contribution is 2.27. The number of rotatable bonds is 5. The number of anilines is 2. The van der Waals surface area contributed by atoms with Gasteiger partial charge in [0.05, 0.1) is 12.7 Å². The normalized spacial score (nSPS) is 20.7. The van der Waals surface area contributed by atoms with Gasteiger partial charge in [-0.1, -0.05) is 0 Å². The fourth-order valence-electron chi connectivity index (χ4n) is 2.27. The van der Waals surface area contributed by atoms with Crippen LogP contribution in [-0.2, 0) is 4.79 Å². The molecule has 1 aliphatic heterocycles. The number of hydrogen-bond donors (Lipinski definition) is 3. The van der Waals surface area contributed by atoms with E-state index in [-0.39, 0.29) is 18.6 Å². The summed E-state index contributed by atoms with van der Waals surface area (Å²) < 4.78 is 0. The van der Waals surface area contributed by atoms with Crippen molar-refractivity contribution in [2.45, 2.75) is 31.9 Å². The molecule has 1 aromatic carbocycles. The number of hydrogen-bond acceptors (Lipinski definition) is 4. The molecule has 1 aliphatic rings. The molecule has 2 atom stereocenters. The number of carbonyl (C=O) groups is 1. The Morgan fingerprint density at radius 2 is 2.11 bits per heavy atom. The van der Waals surface area contributed by atoms with Crippen LogP contribution in [0.2, 0.25) is 0 Å². The molecule has 2 rings (SSSR count). The van der Waals surface area contributed by atoms with Crippen molar-refractivity contribution in [3.05, 3.63) is 24.3 Å². The van der Waals surface area contributed by atoms with Gasteiger partial charge in [-0.3, -0.25) is 4.79 Å². The molecule has 1 aromatic rings. The van der Waals surface area contributed by atoms with Crippen LogP contribution in [0.25, 0.3) is 0 Å². The minimum absolute atomic E-state index is 0.170. The molecule has 0 aromatic heterocycles. The third kappa shape index (κ3) is 3.24. The molecule has 1 amide bonds. The lowest BCUT2D eigenvalue weighted by molar-refractivity contribution is -0.117. The quantitative estimate of drug-likeness (QED) is 0.741. The zero-order valence-corrected chi connectivity index (χ0v) is 11.0. The Kier molecular flexibility index (Phi) is 4.39. The van der Waals surface area contributed by atoms with Crippen LogP contribution in [0, 0.1) is 0 Å². The molecule has 0 spiro atoms. The standard InChI is InChI=1S/C14H20N2O3/c1-10-2-7-14(19)16(10)12-5-3-11(4-6-12)15-8-13(18)9-17/h3-6,10,13,15,17-18H,2,7-9H2,1H3. The molecule has 1 heterocycles. The van der Waals surface area contributed by atoms with Crippen LogP contribution >= 0.6 is 0 Å². The number of nitrogens with one attached hydrogen (secondary N) is 1. The Morgan fingerprint density at radius 1 is 1.42 bits per heavy atom. The van der Waals surface area contributed by atoms with Gasteiger partial charge in [0.1, 0.15) is 0 Å². The zero-order chi connectivity index (χ0) is 13.8. The van der Waals surface area contributed by atoms with Crippen molar-refractivity contribution in [1.82, 2.24) is 0 Å². The van der Waals surface area contributed by atoms with Crippen molar-refractivity contribution in [3.8, 4) is 0 Å². The predicted octanol–water partition coefficient (Wildman–Crippen LogP) is 0.967. The van der Waals surface area contributed by atoms with Crippen molar-refractivity contribution in [3.63, 3.8) is 0 Å². The van der Waals surface area contributed by atoms with Gasteiger partial charge in [0.25, 0.3) is 0 Å². The summed E-state index contributed by atoms with van der Waals surface area (Å²) in [5.74, 6) is 0.170. The molecule has 19 heavy (non-hydrogen) atoms. The molecular weight excluding hydrogens is 244 g/mol. The molecule has 2 unspecified atom stereocenters. The summed E-state index contributed by atoms with van der Waals surface area (Å²) in [4.78, 5) is 13.6. The first kappa shape index (κ1) is 13.8. The highest BCUT2D eigenvalue weighted by Gasteiger charge is 2.28. The molecule has 5 nitrogen and oxygen atoms in total. The minimum Gasteiger partial charge on any atom is -0.394 e. The Morgan fingerprint density at radius 3 is 2.63 bits per heavy atom. The first-order chi connectivity index (χ1) is 9.11. The molecule has 1 saturated heterocycles.